The normalized spacial score (nSPS) is 13.0. The first-order chi connectivity index (χ1) is 25.5. The van der Waals surface area contributed by atoms with Crippen LogP contribution in [0.25, 0.3) is 83.6 Å². The maximum atomic E-state index is 5.16. The Morgan fingerprint density at radius 3 is 1.81 bits per heavy atom. The summed E-state index contributed by atoms with van der Waals surface area (Å²) in [5, 5.41) is 2.44. The van der Waals surface area contributed by atoms with Crippen molar-refractivity contribution in [2.45, 2.75) is 19.3 Å². The van der Waals surface area contributed by atoms with E-state index in [1.165, 1.54) is 49.7 Å². The second-order valence-electron chi connectivity index (χ2n) is 14.2. The fraction of sp³-hybridized carbons (Fsp3) is 0.0612. The van der Waals surface area contributed by atoms with Gasteiger partial charge in [0.15, 0.2) is 5.82 Å². The van der Waals surface area contributed by atoms with E-state index < -0.39 is 0 Å². The van der Waals surface area contributed by atoms with Crippen LogP contribution in [0, 0.1) is 0 Å². The quantitative estimate of drug-likeness (QED) is 0.183. The topological polar surface area (TPSA) is 30.7 Å². The fourth-order valence-corrected chi connectivity index (χ4v) is 8.36. The van der Waals surface area contributed by atoms with E-state index in [2.05, 4.69) is 170 Å². The predicted molar refractivity (Wildman–Crippen MR) is 216 cm³/mol. The average molecular weight is 666 g/mol. The molecule has 2 aromatic heterocycles. The smallest absolute Gasteiger partial charge is 0.160 e. The Labute approximate surface area is 303 Å². The van der Waals surface area contributed by atoms with Gasteiger partial charge in [0.05, 0.1) is 22.4 Å². The number of hydrogen-bond donors (Lipinski definition) is 0. The predicted octanol–water partition coefficient (Wildman–Crippen LogP) is 12.5. The fourth-order valence-electron chi connectivity index (χ4n) is 8.36. The summed E-state index contributed by atoms with van der Waals surface area (Å²) in [6.07, 6.45) is 0. The highest BCUT2D eigenvalue weighted by Gasteiger charge is 2.37. The van der Waals surface area contributed by atoms with Crippen LogP contribution in [0.3, 0.4) is 0 Å². The van der Waals surface area contributed by atoms with Crippen LogP contribution in [-0.4, -0.2) is 14.5 Å². The van der Waals surface area contributed by atoms with Gasteiger partial charge in [0, 0.05) is 38.6 Å². The monoisotopic (exact) mass is 665 g/mol. The molecule has 0 amide bonds. The zero-order valence-corrected chi connectivity index (χ0v) is 29.1. The van der Waals surface area contributed by atoms with E-state index in [0.717, 1.165) is 39.3 Å². The molecule has 9 aromatic rings. The molecule has 3 heteroatoms. The van der Waals surface area contributed by atoms with E-state index in [4.69, 9.17) is 9.97 Å². The van der Waals surface area contributed by atoms with Crippen LogP contribution in [0.15, 0.2) is 176 Å². The van der Waals surface area contributed by atoms with E-state index >= 15 is 0 Å². The van der Waals surface area contributed by atoms with Gasteiger partial charge in [-0.25, -0.2) is 9.97 Å². The number of rotatable bonds is 5. The lowest BCUT2D eigenvalue weighted by Gasteiger charge is -2.24. The van der Waals surface area contributed by atoms with Crippen molar-refractivity contribution in [2.24, 2.45) is 0 Å². The molecule has 10 rings (SSSR count). The highest BCUT2D eigenvalue weighted by atomic mass is 15.0. The largest absolute Gasteiger partial charge is 0.309 e. The molecule has 1 aliphatic carbocycles. The minimum Gasteiger partial charge on any atom is -0.309 e. The molecule has 3 nitrogen and oxygen atoms in total. The Kier molecular flexibility index (Phi) is 6.84. The molecule has 0 atom stereocenters. The maximum absolute atomic E-state index is 5.16. The Morgan fingerprint density at radius 1 is 0.423 bits per heavy atom. The van der Waals surface area contributed by atoms with Gasteiger partial charge in [-0.15, -0.1) is 0 Å². The van der Waals surface area contributed by atoms with E-state index in [1.54, 1.807) is 0 Å². The lowest BCUT2D eigenvalue weighted by Crippen LogP contribution is -2.16. The summed E-state index contributed by atoms with van der Waals surface area (Å²) in [5.41, 5.74) is 16.2. The van der Waals surface area contributed by atoms with Gasteiger partial charge in [-0.1, -0.05) is 153 Å². The lowest BCUT2D eigenvalue weighted by atomic mass is 9.79. The van der Waals surface area contributed by atoms with Crippen molar-refractivity contribution < 1.29 is 0 Å². The lowest BCUT2D eigenvalue weighted by molar-refractivity contribution is 0.662. The second-order valence-corrected chi connectivity index (χ2v) is 14.2. The molecule has 246 valence electrons. The molecule has 0 unspecified atom stereocenters. The molecule has 0 aliphatic heterocycles. The highest BCUT2D eigenvalue weighted by Crippen LogP contribution is 2.52. The number of hydrogen-bond acceptors (Lipinski definition) is 2. The number of nitrogens with zero attached hydrogens (tertiary/aromatic N) is 3. The molecular formula is C49H35N3. The third kappa shape index (κ3) is 4.74. The van der Waals surface area contributed by atoms with E-state index in [9.17, 15) is 0 Å². The van der Waals surface area contributed by atoms with Crippen LogP contribution in [0.2, 0.25) is 0 Å². The van der Waals surface area contributed by atoms with Crippen LogP contribution in [0.5, 0.6) is 0 Å². The summed E-state index contributed by atoms with van der Waals surface area (Å²) >= 11 is 0. The first-order valence-electron chi connectivity index (χ1n) is 17.9. The average Bonchev–Trinajstić information content (AvgIpc) is 3.66. The first kappa shape index (κ1) is 30.3. The number of para-hydroxylation sites is 1. The van der Waals surface area contributed by atoms with E-state index in [1.807, 2.05) is 24.3 Å². The molecule has 0 saturated carbocycles. The van der Waals surface area contributed by atoms with Gasteiger partial charge in [0.2, 0.25) is 0 Å². The number of benzene rings is 7. The van der Waals surface area contributed by atoms with Gasteiger partial charge in [0.1, 0.15) is 0 Å². The van der Waals surface area contributed by atoms with Crippen molar-refractivity contribution in [1.82, 2.24) is 14.5 Å². The minimum absolute atomic E-state index is 0.0981. The molecule has 0 N–H and O–H groups in total. The standard InChI is InChI=1S/C49H35N3/c1-49(2)42-24-13-12-21-38(42)40-23-14-22-37(47(40)49)34-26-28-45-41(29-34)39-27-25-35(30-46(39)52(45)36-19-10-5-11-20-36)44-31-43(32-15-6-3-7-16-32)50-48(51-44)33-17-8-4-9-18-33/h3-31H,1-2H3. The van der Waals surface area contributed by atoms with E-state index in [-0.39, 0.29) is 5.41 Å². The third-order valence-electron chi connectivity index (χ3n) is 10.8. The van der Waals surface area contributed by atoms with Gasteiger partial charge in [-0.05, 0) is 69.8 Å². The van der Waals surface area contributed by atoms with Crippen LogP contribution in [0.1, 0.15) is 25.0 Å². The van der Waals surface area contributed by atoms with Gasteiger partial charge in [-0.2, -0.15) is 0 Å². The third-order valence-corrected chi connectivity index (χ3v) is 10.8. The summed E-state index contributed by atoms with van der Waals surface area (Å²) in [6.45, 7) is 4.73. The summed E-state index contributed by atoms with van der Waals surface area (Å²) in [5.74, 6) is 0.714. The highest BCUT2D eigenvalue weighted by molar-refractivity contribution is 6.11. The summed E-state index contributed by atoms with van der Waals surface area (Å²) in [4.78, 5) is 10.2. The van der Waals surface area contributed by atoms with Crippen molar-refractivity contribution in [3.8, 4) is 61.8 Å². The van der Waals surface area contributed by atoms with Gasteiger partial charge in [-0.3, -0.25) is 0 Å². The molecule has 52 heavy (non-hydrogen) atoms. The maximum Gasteiger partial charge on any atom is 0.160 e. The Bertz CT molecular complexity index is 2740. The van der Waals surface area contributed by atoms with Gasteiger partial charge >= 0.3 is 0 Å². The van der Waals surface area contributed by atoms with Crippen LogP contribution in [-0.2, 0) is 5.41 Å². The molecule has 7 aromatic carbocycles. The Morgan fingerprint density at radius 2 is 1.04 bits per heavy atom. The van der Waals surface area contributed by atoms with Crippen molar-refractivity contribution in [3.05, 3.63) is 187 Å². The molecule has 0 fully saturated rings. The Balaban J connectivity index is 1.19. The van der Waals surface area contributed by atoms with Crippen molar-refractivity contribution in [2.75, 3.05) is 0 Å². The summed E-state index contributed by atoms with van der Waals surface area (Å²) < 4.78 is 2.39. The zero-order chi connectivity index (χ0) is 34.8. The Hall–Kier alpha value is -6.58. The SMILES string of the molecule is CC1(C)c2ccccc2-c2cccc(-c3ccc4c(c3)c3ccc(-c5cc(-c6ccccc6)nc(-c6ccccc6)n5)cc3n4-c3ccccc3)c21. The minimum atomic E-state index is -0.0981. The van der Waals surface area contributed by atoms with E-state index in [0.29, 0.717) is 5.82 Å². The molecule has 0 bridgehead atoms. The molecule has 2 heterocycles. The van der Waals surface area contributed by atoms with Crippen molar-refractivity contribution >= 4 is 21.8 Å². The summed E-state index contributed by atoms with van der Waals surface area (Å²) in [6, 6.07) is 62.9. The molecule has 1 aliphatic rings. The van der Waals surface area contributed by atoms with Gasteiger partial charge in [0.25, 0.3) is 0 Å². The molecule has 0 radical (unpaired) electrons. The van der Waals surface area contributed by atoms with Crippen LogP contribution >= 0.6 is 0 Å². The molecule has 0 spiro atoms. The van der Waals surface area contributed by atoms with Crippen LogP contribution < -0.4 is 0 Å². The van der Waals surface area contributed by atoms with Gasteiger partial charge < -0.3 is 4.57 Å². The second kappa shape index (κ2) is 11.8. The summed E-state index contributed by atoms with van der Waals surface area (Å²) in [7, 11) is 0. The van der Waals surface area contributed by atoms with Crippen LogP contribution in [0.4, 0.5) is 0 Å². The number of fused-ring (bicyclic) bond motifs is 6. The molecule has 0 saturated heterocycles. The van der Waals surface area contributed by atoms with Crippen molar-refractivity contribution in [1.29, 1.82) is 0 Å². The zero-order valence-electron chi connectivity index (χ0n) is 29.1. The number of aromatic nitrogens is 3. The van der Waals surface area contributed by atoms with Crippen molar-refractivity contribution in [3.63, 3.8) is 0 Å². The molecular weight excluding hydrogens is 631 g/mol. The first-order valence-corrected chi connectivity index (χ1v) is 17.9.